The predicted molar refractivity (Wildman–Crippen MR) is 71.4 cm³/mol. The van der Waals surface area contributed by atoms with Crippen LogP contribution in [0.25, 0.3) is 5.57 Å². The topological polar surface area (TPSA) is 0 Å². The average Bonchev–Trinajstić information content (AvgIpc) is 2.38. The molecule has 16 heavy (non-hydrogen) atoms. The third-order valence-corrected chi connectivity index (χ3v) is 3.57. The van der Waals surface area contributed by atoms with Gasteiger partial charge >= 0.3 is 0 Å². The molecule has 0 fully saturated rings. The largest absolute Gasteiger partial charge is 0.0695 e. The zero-order valence-corrected chi connectivity index (χ0v) is 10.7. The van der Waals surface area contributed by atoms with Gasteiger partial charge in [-0.1, -0.05) is 35.4 Å². The lowest BCUT2D eigenvalue weighted by Crippen LogP contribution is -1.93. The van der Waals surface area contributed by atoms with Gasteiger partial charge in [-0.15, -0.1) is 0 Å². The summed E-state index contributed by atoms with van der Waals surface area (Å²) >= 11 is 0. The van der Waals surface area contributed by atoms with Crippen LogP contribution in [0.15, 0.2) is 41.0 Å². The minimum atomic E-state index is 1.18. The molecule has 0 bridgehead atoms. The molecule has 1 aliphatic rings. The van der Waals surface area contributed by atoms with Gasteiger partial charge in [0.15, 0.2) is 0 Å². The van der Waals surface area contributed by atoms with Crippen LogP contribution in [0.5, 0.6) is 0 Å². The highest BCUT2D eigenvalue weighted by molar-refractivity contribution is 5.83. The lowest BCUT2D eigenvalue weighted by Gasteiger charge is -2.13. The molecule has 1 aromatic rings. The zero-order valence-electron chi connectivity index (χ0n) is 10.7. The van der Waals surface area contributed by atoms with E-state index in [1.807, 2.05) is 0 Å². The molecule has 0 nitrogen and oxygen atoms in total. The molecule has 0 spiro atoms. The van der Waals surface area contributed by atoms with E-state index in [0.717, 1.165) is 0 Å². The van der Waals surface area contributed by atoms with Crippen LogP contribution in [0, 0.1) is 0 Å². The van der Waals surface area contributed by atoms with Crippen molar-refractivity contribution in [2.45, 2.75) is 40.5 Å². The van der Waals surface area contributed by atoms with Gasteiger partial charge in [0.25, 0.3) is 0 Å². The van der Waals surface area contributed by atoms with Gasteiger partial charge in [-0.25, -0.2) is 0 Å². The van der Waals surface area contributed by atoms with Crippen LogP contribution in [-0.2, 0) is 6.42 Å². The van der Waals surface area contributed by atoms with Gasteiger partial charge < -0.3 is 0 Å². The molecular weight excluding hydrogens is 192 g/mol. The minimum absolute atomic E-state index is 1.18. The van der Waals surface area contributed by atoms with E-state index in [9.17, 15) is 0 Å². The number of hydrogen-bond donors (Lipinski definition) is 0. The number of fused-ring (bicyclic) bond motifs is 1. The van der Waals surface area contributed by atoms with E-state index in [2.05, 4.69) is 52.0 Å². The number of rotatable bonds is 0. The Hall–Kier alpha value is -1.30. The number of hydrogen-bond acceptors (Lipinski definition) is 0. The summed E-state index contributed by atoms with van der Waals surface area (Å²) in [6, 6.07) is 8.83. The molecule has 0 N–H and O–H groups in total. The molecule has 0 amide bonds. The van der Waals surface area contributed by atoms with Gasteiger partial charge in [0.2, 0.25) is 0 Å². The fourth-order valence-corrected chi connectivity index (χ4v) is 2.55. The minimum Gasteiger partial charge on any atom is -0.0695 e. The first kappa shape index (κ1) is 11.2. The summed E-state index contributed by atoms with van der Waals surface area (Å²) in [6.07, 6.45) is 2.37. The van der Waals surface area contributed by atoms with E-state index >= 15 is 0 Å². The normalized spacial score (nSPS) is 15.9. The van der Waals surface area contributed by atoms with Crippen molar-refractivity contribution >= 4 is 5.57 Å². The monoisotopic (exact) mass is 212 g/mol. The fourth-order valence-electron chi connectivity index (χ4n) is 2.55. The smallest absolute Gasteiger partial charge is 0.0150 e. The van der Waals surface area contributed by atoms with Crippen molar-refractivity contribution in [3.8, 4) is 0 Å². The highest BCUT2D eigenvalue weighted by Crippen LogP contribution is 2.35. The lowest BCUT2D eigenvalue weighted by atomic mass is 9.92. The second-order valence-corrected chi connectivity index (χ2v) is 4.94. The maximum Gasteiger partial charge on any atom is -0.0150 e. The molecule has 0 aromatic heterocycles. The quantitative estimate of drug-likeness (QED) is 0.581. The van der Waals surface area contributed by atoms with Gasteiger partial charge in [-0.05, 0) is 62.8 Å². The number of allylic oxidation sites excluding steroid dienone is 4. The second-order valence-electron chi connectivity index (χ2n) is 4.94. The summed E-state index contributed by atoms with van der Waals surface area (Å²) in [5.74, 6) is 0. The predicted octanol–water partition coefficient (Wildman–Crippen LogP) is 4.76. The van der Waals surface area contributed by atoms with Crippen molar-refractivity contribution in [2.24, 2.45) is 0 Å². The first-order chi connectivity index (χ1) is 7.61. The molecule has 84 valence electrons. The van der Waals surface area contributed by atoms with Crippen LogP contribution in [0.4, 0.5) is 0 Å². The molecule has 0 saturated carbocycles. The lowest BCUT2D eigenvalue weighted by molar-refractivity contribution is 0.940. The molecule has 0 heterocycles. The van der Waals surface area contributed by atoms with Crippen LogP contribution in [-0.4, -0.2) is 0 Å². The third kappa shape index (κ3) is 1.84. The molecule has 0 unspecified atom stereocenters. The Labute approximate surface area is 98.7 Å². The summed E-state index contributed by atoms with van der Waals surface area (Å²) in [7, 11) is 0. The standard InChI is InChI=1S/C16H20/c1-11(2)16-13(4)12(3)9-10-14-7-5-6-8-15(14)16/h5-8H,9-10H2,1-4H3. The van der Waals surface area contributed by atoms with Crippen LogP contribution in [0.3, 0.4) is 0 Å². The second kappa shape index (κ2) is 4.29. The summed E-state index contributed by atoms with van der Waals surface area (Å²) in [4.78, 5) is 0. The molecule has 0 atom stereocenters. The molecule has 0 heteroatoms. The third-order valence-electron chi connectivity index (χ3n) is 3.57. The average molecular weight is 212 g/mol. The van der Waals surface area contributed by atoms with Crippen LogP contribution in [0.2, 0.25) is 0 Å². The van der Waals surface area contributed by atoms with Crippen molar-refractivity contribution in [1.82, 2.24) is 0 Å². The van der Waals surface area contributed by atoms with E-state index in [4.69, 9.17) is 0 Å². The van der Waals surface area contributed by atoms with Gasteiger partial charge in [0, 0.05) is 0 Å². The Bertz CT molecular complexity index is 469. The first-order valence-corrected chi connectivity index (χ1v) is 6.03. The van der Waals surface area contributed by atoms with Crippen molar-refractivity contribution < 1.29 is 0 Å². The summed E-state index contributed by atoms with van der Waals surface area (Å²) in [5.41, 5.74) is 8.83. The maximum atomic E-state index is 2.27. The van der Waals surface area contributed by atoms with E-state index in [1.165, 1.54) is 46.3 Å². The van der Waals surface area contributed by atoms with Gasteiger partial charge in [0.1, 0.15) is 0 Å². The SMILES string of the molecule is CC(C)=C1C(C)=C(C)CCc2ccccc21. The molecule has 0 aliphatic heterocycles. The van der Waals surface area contributed by atoms with Crippen LogP contribution in [0.1, 0.15) is 45.2 Å². The van der Waals surface area contributed by atoms with Crippen LogP contribution >= 0.6 is 0 Å². The Balaban J connectivity index is 2.70. The van der Waals surface area contributed by atoms with E-state index in [1.54, 1.807) is 0 Å². The van der Waals surface area contributed by atoms with E-state index in [-0.39, 0.29) is 0 Å². The Morgan fingerprint density at radius 1 is 1.00 bits per heavy atom. The summed E-state index contributed by atoms with van der Waals surface area (Å²) in [6.45, 7) is 8.96. The summed E-state index contributed by atoms with van der Waals surface area (Å²) < 4.78 is 0. The highest BCUT2D eigenvalue weighted by atomic mass is 14.2. The number of benzene rings is 1. The molecule has 1 aromatic carbocycles. The molecule has 0 saturated heterocycles. The van der Waals surface area contributed by atoms with Gasteiger partial charge in [-0.2, -0.15) is 0 Å². The van der Waals surface area contributed by atoms with Crippen molar-refractivity contribution in [1.29, 1.82) is 0 Å². The first-order valence-electron chi connectivity index (χ1n) is 6.03. The maximum absolute atomic E-state index is 2.27. The number of aryl methyl sites for hydroxylation is 1. The van der Waals surface area contributed by atoms with Gasteiger partial charge in [0.05, 0.1) is 0 Å². The highest BCUT2D eigenvalue weighted by Gasteiger charge is 2.16. The molecular formula is C16H20. The van der Waals surface area contributed by atoms with E-state index < -0.39 is 0 Å². The zero-order chi connectivity index (χ0) is 11.7. The van der Waals surface area contributed by atoms with Crippen molar-refractivity contribution in [3.63, 3.8) is 0 Å². The van der Waals surface area contributed by atoms with Crippen molar-refractivity contribution in [3.05, 3.63) is 52.1 Å². The van der Waals surface area contributed by atoms with Crippen LogP contribution < -0.4 is 0 Å². The Morgan fingerprint density at radius 3 is 2.38 bits per heavy atom. The summed E-state index contributed by atoms with van der Waals surface area (Å²) in [5, 5.41) is 0. The Kier molecular flexibility index (Phi) is 3.00. The fraction of sp³-hybridized carbons (Fsp3) is 0.375. The molecule has 2 rings (SSSR count). The van der Waals surface area contributed by atoms with Gasteiger partial charge in [-0.3, -0.25) is 0 Å². The molecule has 0 radical (unpaired) electrons. The van der Waals surface area contributed by atoms with E-state index in [0.29, 0.717) is 0 Å². The Morgan fingerprint density at radius 2 is 1.69 bits per heavy atom. The van der Waals surface area contributed by atoms with Crippen molar-refractivity contribution in [2.75, 3.05) is 0 Å². The molecule has 1 aliphatic carbocycles.